The van der Waals surface area contributed by atoms with Gasteiger partial charge in [0.15, 0.2) is 0 Å². The predicted molar refractivity (Wildman–Crippen MR) is 109 cm³/mol. The second kappa shape index (κ2) is 9.73. The van der Waals surface area contributed by atoms with Crippen LogP contribution in [0.25, 0.3) is 12.2 Å². The minimum atomic E-state index is -1.18. The zero-order valence-corrected chi connectivity index (χ0v) is 16.2. The van der Waals surface area contributed by atoms with Crippen LogP contribution in [0, 0.1) is 0 Å². The van der Waals surface area contributed by atoms with Gasteiger partial charge in [-0.25, -0.2) is 9.59 Å². The van der Waals surface area contributed by atoms with Crippen molar-refractivity contribution in [2.24, 2.45) is 0 Å². The molecular weight excluding hydrogens is 415 g/mol. The zero-order valence-electron chi connectivity index (χ0n) is 13.1. The van der Waals surface area contributed by atoms with E-state index in [1.807, 2.05) is 0 Å². The van der Waals surface area contributed by atoms with Gasteiger partial charge in [-0.3, -0.25) is 0 Å². The lowest BCUT2D eigenvalue weighted by Gasteiger charge is -2.05. The van der Waals surface area contributed by atoms with Gasteiger partial charge in [0, 0.05) is 10.0 Å². The van der Waals surface area contributed by atoms with Crippen molar-refractivity contribution in [2.75, 3.05) is 0 Å². The van der Waals surface area contributed by atoms with Crippen molar-refractivity contribution in [1.29, 1.82) is 0 Å². The van der Waals surface area contributed by atoms with E-state index in [1.54, 1.807) is 48.5 Å². The highest BCUT2D eigenvalue weighted by molar-refractivity contribution is 8.80. The molecule has 2 N–H and O–H groups in total. The maximum atomic E-state index is 11.5. The van der Waals surface area contributed by atoms with E-state index in [1.165, 1.54) is 12.2 Å². The third-order valence-electron chi connectivity index (χ3n) is 3.03. The number of benzene rings is 2. The normalized spacial score (nSPS) is 12.1. The highest BCUT2D eigenvalue weighted by Gasteiger charge is 2.16. The fraction of sp³-hybridized carbons (Fsp3) is 0. The lowest BCUT2D eigenvalue weighted by atomic mass is 10.2. The molecule has 0 saturated carbocycles. The van der Waals surface area contributed by atoms with Gasteiger partial charge in [-0.15, -0.1) is 0 Å². The summed E-state index contributed by atoms with van der Waals surface area (Å²) >= 11 is 12.1. The van der Waals surface area contributed by atoms with Crippen molar-refractivity contribution >= 4 is 68.9 Å². The Bertz CT molecular complexity index is 821. The summed E-state index contributed by atoms with van der Waals surface area (Å²) in [7, 11) is 1.64. The van der Waals surface area contributed by atoms with Crippen molar-refractivity contribution in [2.45, 2.75) is 0 Å². The molecule has 0 fully saturated rings. The number of rotatable bonds is 7. The monoisotopic (exact) mass is 426 g/mol. The Morgan fingerprint density at radius 3 is 1.38 bits per heavy atom. The van der Waals surface area contributed by atoms with Crippen molar-refractivity contribution in [3.63, 3.8) is 0 Å². The summed E-state index contributed by atoms with van der Waals surface area (Å²) in [6.07, 6.45) is 2.80. The third-order valence-corrected chi connectivity index (χ3v) is 6.07. The molecule has 4 nitrogen and oxygen atoms in total. The van der Waals surface area contributed by atoms with Gasteiger partial charge in [0.2, 0.25) is 0 Å². The number of halogens is 2. The lowest BCUT2D eigenvalue weighted by Crippen LogP contribution is -1.98. The molecule has 0 unspecified atom stereocenters. The van der Waals surface area contributed by atoms with Crippen LogP contribution in [-0.2, 0) is 9.59 Å². The minimum absolute atomic E-state index is 0.0468. The molecular formula is C18H12Cl2O4S2. The van der Waals surface area contributed by atoms with Crippen molar-refractivity contribution in [3.05, 3.63) is 79.5 Å². The number of aliphatic carboxylic acids is 2. The van der Waals surface area contributed by atoms with E-state index in [4.69, 9.17) is 23.2 Å². The Labute approximate surface area is 167 Å². The van der Waals surface area contributed by atoms with E-state index >= 15 is 0 Å². The van der Waals surface area contributed by atoms with Crippen LogP contribution in [0.2, 0.25) is 10.0 Å². The molecule has 0 atom stereocenters. The summed E-state index contributed by atoms with van der Waals surface area (Å²) in [5.41, 5.74) is 1.07. The number of hydrogen-bond donors (Lipinski definition) is 2. The van der Waals surface area contributed by atoms with Gasteiger partial charge in [0.1, 0.15) is 9.81 Å². The van der Waals surface area contributed by atoms with Crippen LogP contribution in [0.4, 0.5) is 0 Å². The molecule has 0 aliphatic rings. The molecule has 0 aromatic heterocycles. The van der Waals surface area contributed by atoms with Gasteiger partial charge in [-0.1, -0.05) is 59.6 Å². The molecule has 0 spiro atoms. The van der Waals surface area contributed by atoms with Gasteiger partial charge in [0.05, 0.1) is 0 Å². The topological polar surface area (TPSA) is 74.6 Å². The van der Waals surface area contributed by atoms with Crippen LogP contribution in [0.3, 0.4) is 0 Å². The Morgan fingerprint density at radius 1 is 0.731 bits per heavy atom. The summed E-state index contributed by atoms with van der Waals surface area (Å²) in [6.45, 7) is 0. The van der Waals surface area contributed by atoms with Crippen molar-refractivity contribution in [1.82, 2.24) is 0 Å². The van der Waals surface area contributed by atoms with E-state index in [9.17, 15) is 19.8 Å². The van der Waals surface area contributed by atoms with Crippen molar-refractivity contribution < 1.29 is 19.8 Å². The first-order valence-electron chi connectivity index (χ1n) is 7.12. The van der Waals surface area contributed by atoms with Crippen LogP contribution >= 0.6 is 44.8 Å². The SMILES string of the molecule is O=C(O)/C(=C/c1ccccc1Cl)SS/C(=C\c1ccccc1Cl)C(=O)O. The molecule has 0 aliphatic heterocycles. The molecule has 0 heterocycles. The first-order valence-corrected chi connectivity index (χ1v) is 10.0. The van der Waals surface area contributed by atoms with Crippen LogP contribution in [0.1, 0.15) is 11.1 Å². The fourth-order valence-corrected chi connectivity index (χ4v) is 4.11. The van der Waals surface area contributed by atoms with Crippen LogP contribution in [0.5, 0.6) is 0 Å². The molecule has 26 heavy (non-hydrogen) atoms. The average Bonchev–Trinajstić information content (AvgIpc) is 2.60. The Hall–Kier alpha value is -1.86. The van der Waals surface area contributed by atoms with E-state index in [0.717, 1.165) is 21.6 Å². The van der Waals surface area contributed by atoms with Gasteiger partial charge in [0.25, 0.3) is 0 Å². The Balaban J connectivity index is 2.26. The molecule has 134 valence electrons. The predicted octanol–water partition coefficient (Wildman–Crippen LogP) is 5.93. The highest BCUT2D eigenvalue weighted by atomic mass is 35.5. The summed E-state index contributed by atoms with van der Waals surface area (Å²) in [6, 6.07) is 13.6. The maximum absolute atomic E-state index is 11.5. The van der Waals surface area contributed by atoms with Gasteiger partial charge in [-0.05, 0) is 57.0 Å². The van der Waals surface area contributed by atoms with E-state index in [0.29, 0.717) is 21.2 Å². The van der Waals surface area contributed by atoms with Crippen LogP contribution in [-0.4, -0.2) is 22.2 Å². The van der Waals surface area contributed by atoms with Crippen molar-refractivity contribution in [3.8, 4) is 0 Å². The van der Waals surface area contributed by atoms with E-state index in [2.05, 4.69) is 0 Å². The molecule has 2 aromatic carbocycles. The maximum Gasteiger partial charge on any atom is 0.343 e. The molecule has 2 rings (SSSR count). The van der Waals surface area contributed by atoms with E-state index < -0.39 is 11.9 Å². The van der Waals surface area contributed by atoms with Gasteiger partial charge in [-0.2, -0.15) is 0 Å². The lowest BCUT2D eigenvalue weighted by molar-refractivity contribution is -0.132. The largest absolute Gasteiger partial charge is 0.477 e. The van der Waals surface area contributed by atoms with Crippen LogP contribution in [0.15, 0.2) is 58.3 Å². The molecule has 0 saturated heterocycles. The number of carboxylic acids is 2. The molecule has 0 radical (unpaired) electrons. The molecule has 0 amide bonds. The number of carbonyl (C=O) groups is 2. The second-order valence-corrected chi connectivity index (χ2v) is 7.86. The summed E-state index contributed by atoms with van der Waals surface area (Å²) < 4.78 is 0. The Morgan fingerprint density at radius 2 is 1.08 bits per heavy atom. The molecule has 8 heteroatoms. The summed E-state index contributed by atoms with van der Waals surface area (Å²) in [5, 5.41) is 19.6. The smallest absolute Gasteiger partial charge is 0.343 e. The highest BCUT2D eigenvalue weighted by Crippen LogP contribution is 2.39. The standard InChI is InChI=1S/C18H12Cl2O4S2/c19-13-7-3-1-5-11(13)9-15(17(21)22)25-26-16(18(23)24)10-12-6-2-4-8-14(12)20/h1-10H,(H,21,22)(H,23,24)/b15-9-,16-10-. The molecule has 2 aromatic rings. The average molecular weight is 427 g/mol. The van der Waals surface area contributed by atoms with Gasteiger partial charge < -0.3 is 10.2 Å². The summed E-state index contributed by atoms with van der Waals surface area (Å²) in [5.74, 6) is -2.35. The quantitative estimate of drug-likeness (QED) is 0.422. The third kappa shape index (κ3) is 5.85. The first kappa shape index (κ1) is 20.5. The number of hydrogen-bond acceptors (Lipinski definition) is 4. The fourth-order valence-electron chi connectivity index (χ4n) is 1.80. The Kier molecular flexibility index (Phi) is 7.66. The van der Waals surface area contributed by atoms with Gasteiger partial charge >= 0.3 is 11.9 Å². The summed E-state index contributed by atoms with van der Waals surface area (Å²) in [4.78, 5) is 22.9. The minimum Gasteiger partial charge on any atom is -0.477 e. The zero-order chi connectivity index (χ0) is 19.1. The van der Waals surface area contributed by atoms with Crippen LogP contribution < -0.4 is 0 Å². The second-order valence-electron chi connectivity index (χ2n) is 4.84. The number of carboxylic acid groups (broad SMARTS) is 2. The molecule has 0 aliphatic carbocycles. The molecule has 0 bridgehead atoms. The van der Waals surface area contributed by atoms with E-state index in [-0.39, 0.29) is 9.81 Å². The first-order chi connectivity index (χ1) is 12.4.